The van der Waals surface area contributed by atoms with Gasteiger partial charge in [0.05, 0.1) is 21.8 Å². The number of amides is 1. The molecular formula is C15H9Cl2IN2O3S. The number of carbonyl (C=O) groups excluding carboxylic acids is 1. The van der Waals surface area contributed by atoms with Crippen molar-refractivity contribution in [2.45, 2.75) is 0 Å². The van der Waals surface area contributed by atoms with E-state index in [4.69, 9.17) is 35.4 Å². The molecule has 0 fully saturated rings. The first-order chi connectivity index (χ1) is 11.3. The van der Waals surface area contributed by atoms with Gasteiger partial charge in [0, 0.05) is 8.59 Å². The highest BCUT2D eigenvalue weighted by atomic mass is 127. The number of benzene rings is 2. The van der Waals surface area contributed by atoms with Gasteiger partial charge in [-0.2, -0.15) is 0 Å². The van der Waals surface area contributed by atoms with Crippen molar-refractivity contribution in [1.29, 1.82) is 0 Å². The Bertz CT molecular complexity index is 845. The lowest BCUT2D eigenvalue weighted by atomic mass is 10.2. The Kier molecular flexibility index (Phi) is 6.39. The van der Waals surface area contributed by atoms with Crippen LogP contribution in [0.2, 0.25) is 10.0 Å². The minimum absolute atomic E-state index is 0.0410. The van der Waals surface area contributed by atoms with E-state index in [1.165, 1.54) is 18.2 Å². The van der Waals surface area contributed by atoms with Crippen molar-refractivity contribution in [3.8, 4) is 0 Å². The molecule has 124 valence electrons. The highest BCUT2D eigenvalue weighted by molar-refractivity contribution is 14.1. The number of carboxylic acid groups (broad SMARTS) is 1. The molecule has 24 heavy (non-hydrogen) atoms. The molecule has 0 atom stereocenters. The lowest BCUT2D eigenvalue weighted by Crippen LogP contribution is -2.34. The van der Waals surface area contributed by atoms with Gasteiger partial charge < -0.3 is 10.4 Å². The minimum atomic E-state index is -1.11. The fourth-order valence-electron chi connectivity index (χ4n) is 1.80. The Labute approximate surface area is 166 Å². The van der Waals surface area contributed by atoms with Gasteiger partial charge in [-0.3, -0.25) is 10.1 Å². The standard InChI is InChI=1S/C15H9Cl2IN2O3S/c16-7-1-3-11(17)9(5-7)13(21)20-15(24)19-12-4-2-8(18)6-10(12)14(22)23/h1-6H,(H,22,23)(H2,19,20,21,24). The maximum atomic E-state index is 12.2. The Morgan fingerprint density at radius 2 is 1.79 bits per heavy atom. The third kappa shape index (κ3) is 4.79. The normalized spacial score (nSPS) is 10.1. The van der Waals surface area contributed by atoms with Crippen molar-refractivity contribution >= 4 is 80.7 Å². The molecule has 1 amide bonds. The van der Waals surface area contributed by atoms with E-state index < -0.39 is 11.9 Å². The van der Waals surface area contributed by atoms with E-state index in [2.05, 4.69) is 10.6 Å². The van der Waals surface area contributed by atoms with Crippen LogP contribution in [-0.4, -0.2) is 22.1 Å². The summed E-state index contributed by atoms with van der Waals surface area (Å²) in [4.78, 5) is 23.5. The fraction of sp³-hybridized carbons (Fsp3) is 0. The maximum absolute atomic E-state index is 12.2. The fourth-order valence-corrected chi connectivity index (χ4v) is 2.87. The smallest absolute Gasteiger partial charge is 0.337 e. The number of hydrogen-bond acceptors (Lipinski definition) is 3. The second-order valence-corrected chi connectivity index (χ2v) is 7.02. The van der Waals surface area contributed by atoms with Crippen molar-refractivity contribution in [2.75, 3.05) is 5.32 Å². The molecule has 0 bridgehead atoms. The number of rotatable bonds is 3. The summed E-state index contributed by atoms with van der Waals surface area (Å²) in [7, 11) is 0. The zero-order chi connectivity index (χ0) is 17.9. The average Bonchev–Trinajstić information content (AvgIpc) is 2.51. The average molecular weight is 495 g/mol. The SMILES string of the molecule is O=C(NC(=S)Nc1ccc(I)cc1C(=O)O)c1cc(Cl)ccc1Cl. The molecule has 9 heteroatoms. The van der Waals surface area contributed by atoms with Crippen molar-refractivity contribution in [1.82, 2.24) is 5.32 Å². The second-order valence-electron chi connectivity index (χ2n) is 4.53. The molecule has 0 radical (unpaired) electrons. The van der Waals surface area contributed by atoms with Gasteiger partial charge >= 0.3 is 5.97 Å². The molecule has 0 aliphatic carbocycles. The molecule has 2 aromatic rings. The largest absolute Gasteiger partial charge is 0.478 e. The van der Waals surface area contributed by atoms with Gasteiger partial charge in [0.15, 0.2) is 5.11 Å². The number of hydrogen-bond donors (Lipinski definition) is 3. The molecule has 0 aliphatic rings. The van der Waals surface area contributed by atoms with E-state index >= 15 is 0 Å². The molecule has 2 rings (SSSR count). The van der Waals surface area contributed by atoms with Crippen LogP contribution in [0, 0.1) is 3.57 Å². The molecule has 0 spiro atoms. The second kappa shape index (κ2) is 8.11. The molecule has 0 aromatic heterocycles. The number of aromatic carboxylic acids is 1. The zero-order valence-corrected chi connectivity index (χ0v) is 16.3. The first kappa shape index (κ1) is 18.9. The van der Waals surface area contributed by atoms with Gasteiger partial charge in [-0.15, -0.1) is 0 Å². The van der Waals surface area contributed by atoms with Gasteiger partial charge in [-0.25, -0.2) is 4.79 Å². The van der Waals surface area contributed by atoms with E-state index in [9.17, 15) is 14.7 Å². The van der Waals surface area contributed by atoms with E-state index in [1.807, 2.05) is 22.6 Å². The van der Waals surface area contributed by atoms with Crippen LogP contribution in [0.15, 0.2) is 36.4 Å². The van der Waals surface area contributed by atoms with Crippen LogP contribution in [0.5, 0.6) is 0 Å². The van der Waals surface area contributed by atoms with Crippen LogP contribution in [0.4, 0.5) is 5.69 Å². The zero-order valence-electron chi connectivity index (χ0n) is 11.8. The molecule has 0 saturated heterocycles. The molecule has 0 heterocycles. The number of carbonyl (C=O) groups is 2. The van der Waals surface area contributed by atoms with Crippen LogP contribution in [-0.2, 0) is 0 Å². The third-order valence-electron chi connectivity index (χ3n) is 2.86. The van der Waals surface area contributed by atoms with Crippen LogP contribution in [0.3, 0.4) is 0 Å². The van der Waals surface area contributed by atoms with Crippen molar-refractivity contribution in [2.24, 2.45) is 0 Å². The van der Waals surface area contributed by atoms with E-state index in [0.717, 1.165) is 3.57 Å². The summed E-state index contributed by atoms with van der Waals surface area (Å²) in [6.07, 6.45) is 0. The third-order valence-corrected chi connectivity index (χ3v) is 4.30. The van der Waals surface area contributed by atoms with Gasteiger partial charge in [0.1, 0.15) is 0 Å². The number of anilines is 1. The number of thiocarbonyl (C=S) groups is 1. The van der Waals surface area contributed by atoms with Crippen LogP contribution in [0.1, 0.15) is 20.7 Å². The Hall–Kier alpha value is -1.42. The van der Waals surface area contributed by atoms with Crippen LogP contribution < -0.4 is 10.6 Å². The molecule has 0 unspecified atom stereocenters. The molecule has 2 aromatic carbocycles. The summed E-state index contributed by atoms with van der Waals surface area (Å²) in [6.45, 7) is 0. The summed E-state index contributed by atoms with van der Waals surface area (Å²) in [5.41, 5.74) is 0.471. The molecule has 0 saturated carbocycles. The predicted molar refractivity (Wildman–Crippen MR) is 106 cm³/mol. The van der Waals surface area contributed by atoms with Gasteiger partial charge in [0.2, 0.25) is 0 Å². The number of nitrogens with one attached hydrogen (secondary N) is 2. The summed E-state index contributed by atoms with van der Waals surface area (Å²) in [5.74, 6) is -1.66. The molecule has 5 nitrogen and oxygen atoms in total. The summed E-state index contributed by atoms with van der Waals surface area (Å²) >= 11 is 18.9. The first-order valence-electron chi connectivity index (χ1n) is 6.38. The minimum Gasteiger partial charge on any atom is -0.478 e. The lowest BCUT2D eigenvalue weighted by Gasteiger charge is -2.12. The van der Waals surface area contributed by atoms with Gasteiger partial charge in [-0.05, 0) is 71.2 Å². The molecule has 3 N–H and O–H groups in total. The summed E-state index contributed by atoms with van der Waals surface area (Å²) < 4.78 is 0.760. The van der Waals surface area contributed by atoms with Gasteiger partial charge in [-0.1, -0.05) is 23.2 Å². The van der Waals surface area contributed by atoms with Gasteiger partial charge in [0.25, 0.3) is 5.91 Å². The summed E-state index contributed by atoms with van der Waals surface area (Å²) in [6, 6.07) is 9.24. The van der Waals surface area contributed by atoms with Crippen molar-refractivity contribution in [3.05, 3.63) is 61.1 Å². The van der Waals surface area contributed by atoms with E-state index in [-0.39, 0.29) is 26.9 Å². The monoisotopic (exact) mass is 494 g/mol. The molecule has 0 aliphatic heterocycles. The van der Waals surface area contributed by atoms with Crippen LogP contribution >= 0.6 is 58.0 Å². The van der Waals surface area contributed by atoms with Crippen LogP contribution in [0.25, 0.3) is 0 Å². The highest BCUT2D eigenvalue weighted by Gasteiger charge is 2.15. The number of halogens is 3. The van der Waals surface area contributed by atoms with Crippen molar-refractivity contribution < 1.29 is 14.7 Å². The Morgan fingerprint density at radius 3 is 2.46 bits per heavy atom. The maximum Gasteiger partial charge on any atom is 0.337 e. The highest BCUT2D eigenvalue weighted by Crippen LogP contribution is 2.21. The quantitative estimate of drug-likeness (QED) is 0.434. The van der Waals surface area contributed by atoms with E-state index in [0.29, 0.717) is 5.02 Å². The van der Waals surface area contributed by atoms with Crippen molar-refractivity contribution in [3.63, 3.8) is 0 Å². The summed E-state index contributed by atoms with van der Waals surface area (Å²) in [5, 5.41) is 14.9. The first-order valence-corrected chi connectivity index (χ1v) is 8.62. The Balaban J connectivity index is 2.15. The molecular weight excluding hydrogens is 486 g/mol. The topological polar surface area (TPSA) is 78.4 Å². The Morgan fingerprint density at radius 1 is 1.08 bits per heavy atom. The van der Waals surface area contributed by atoms with E-state index in [1.54, 1.807) is 18.2 Å². The number of carboxylic acids is 1. The lowest BCUT2D eigenvalue weighted by molar-refractivity contribution is 0.0697. The predicted octanol–water partition coefficient (Wildman–Crippen LogP) is 4.42.